The van der Waals surface area contributed by atoms with E-state index in [0.29, 0.717) is 5.69 Å². The molecule has 2 heterocycles. The smallest absolute Gasteiger partial charge is 0.293 e. The average Bonchev–Trinajstić information content (AvgIpc) is 2.89. The molecule has 4 N–H and O–H groups in total. The highest BCUT2D eigenvalue weighted by Gasteiger charge is 2.22. The number of nitro groups is 1. The van der Waals surface area contributed by atoms with Crippen molar-refractivity contribution < 1.29 is 14.5 Å². The SMILES string of the molecule is CC(Nc1ccc(C(=O)Nc2cc(C(N)=O)ccc2N2CCCCC2)cc1[N+](=O)[O-])c1ccccn1. The predicted molar refractivity (Wildman–Crippen MR) is 138 cm³/mol. The molecular formula is C26H28N6O4. The summed E-state index contributed by atoms with van der Waals surface area (Å²) < 4.78 is 0. The molecule has 1 atom stereocenters. The Balaban J connectivity index is 1.60. The second-order valence-corrected chi connectivity index (χ2v) is 8.71. The number of carbonyl (C=O) groups excluding carboxylic acids is 2. The minimum atomic E-state index is -0.608. The molecule has 3 aromatic rings. The highest BCUT2D eigenvalue weighted by atomic mass is 16.6. The lowest BCUT2D eigenvalue weighted by Gasteiger charge is -2.30. The van der Waals surface area contributed by atoms with E-state index in [1.807, 2.05) is 19.1 Å². The van der Waals surface area contributed by atoms with Crippen molar-refractivity contribution in [2.24, 2.45) is 5.73 Å². The van der Waals surface area contributed by atoms with Crippen molar-refractivity contribution in [2.75, 3.05) is 28.6 Å². The first kappa shape index (κ1) is 24.6. The van der Waals surface area contributed by atoms with E-state index < -0.39 is 16.7 Å². The molecule has 1 aliphatic heterocycles. The minimum absolute atomic E-state index is 0.117. The molecule has 2 aromatic carbocycles. The Morgan fingerprint density at radius 3 is 2.44 bits per heavy atom. The first-order chi connectivity index (χ1) is 17.3. The Kier molecular flexibility index (Phi) is 7.43. The van der Waals surface area contributed by atoms with Gasteiger partial charge in [0.15, 0.2) is 0 Å². The molecule has 1 aliphatic rings. The van der Waals surface area contributed by atoms with Crippen LogP contribution in [-0.4, -0.2) is 34.8 Å². The molecular weight excluding hydrogens is 460 g/mol. The van der Waals surface area contributed by atoms with E-state index in [1.165, 1.54) is 18.2 Å². The first-order valence-electron chi connectivity index (χ1n) is 11.8. The number of pyridine rings is 1. The van der Waals surface area contributed by atoms with E-state index >= 15 is 0 Å². The van der Waals surface area contributed by atoms with Gasteiger partial charge in [0.05, 0.1) is 28.0 Å². The summed E-state index contributed by atoms with van der Waals surface area (Å²) in [7, 11) is 0. The van der Waals surface area contributed by atoms with Crippen molar-refractivity contribution >= 4 is 34.6 Å². The van der Waals surface area contributed by atoms with Crippen LogP contribution >= 0.6 is 0 Å². The number of nitro benzene ring substituents is 1. The fourth-order valence-corrected chi connectivity index (χ4v) is 4.28. The quantitative estimate of drug-likeness (QED) is 0.313. The van der Waals surface area contributed by atoms with Gasteiger partial charge < -0.3 is 21.3 Å². The number of rotatable bonds is 8. The maximum absolute atomic E-state index is 13.2. The van der Waals surface area contributed by atoms with Gasteiger partial charge in [0, 0.05) is 36.5 Å². The zero-order valence-electron chi connectivity index (χ0n) is 19.9. The van der Waals surface area contributed by atoms with Crippen molar-refractivity contribution in [3.63, 3.8) is 0 Å². The molecule has 0 bridgehead atoms. The number of piperidine rings is 1. The van der Waals surface area contributed by atoms with Crippen LogP contribution in [0.25, 0.3) is 0 Å². The van der Waals surface area contributed by atoms with Gasteiger partial charge in [0.25, 0.3) is 11.6 Å². The largest absolute Gasteiger partial charge is 0.371 e. The number of hydrogen-bond acceptors (Lipinski definition) is 7. The van der Waals surface area contributed by atoms with Crippen LogP contribution in [0.3, 0.4) is 0 Å². The van der Waals surface area contributed by atoms with E-state index in [4.69, 9.17) is 5.73 Å². The zero-order chi connectivity index (χ0) is 25.7. The molecule has 0 aliphatic carbocycles. The standard InChI is InChI=1S/C26H28N6O4/c1-17(20-7-3-4-12-28-20)29-21-10-8-19(16-24(21)32(35)36)26(34)30-22-15-18(25(27)33)9-11-23(22)31-13-5-2-6-14-31/h3-4,7-12,15-17,29H,2,5-6,13-14H2,1H3,(H2,27,33)(H,30,34). The van der Waals surface area contributed by atoms with Gasteiger partial charge in [-0.1, -0.05) is 6.07 Å². The Hall–Kier alpha value is -4.47. The van der Waals surface area contributed by atoms with Gasteiger partial charge in [-0.25, -0.2) is 0 Å². The zero-order valence-corrected chi connectivity index (χ0v) is 19.9. The summed E-state index contributed by atoms with van der Waals surface area (Å²) in [6, 6.07) is 14.4. The molecule has 10 nitrogen and oxygen atoms in total. The minimum Gasteiger partial charge on any atom is -0.371 e. The van der Waals surface area contributed by atoms with Crippen molar-refractivity contribution in [1.29, 1.82) is 0 Å². The van der Waals surface area contributed by atoms with Crippen molar-refractivity contribution in [2.45, 2.75) is 32.2 Å². The maximum Gasteiger partial charge on any atom is 0.293 e. The lowest BCUT2D eigenvalue weighted by molar-refractivity contribution is -0.384. The van der Waals surface area contributed by atoms with Gasteiger partial charge in [-0.15, -0.1) is 0 Å². The summed E-state index contributed by atoms with van der Waals surface area (Å²) in [6.45, 7) is 3.51. The van der Waals surface area contributed by atoms with E-state index in [-0.39, 0.29) is 28.5 Å². The van der Waals surface area contributed by atoms with E-state index in [1.54, 1.807) is 30.5 Å². The van der Waals surface area contributed by atoms with Gasteiger partial charge >= 0.3 is 0 Å². The van der Waals surface area contributed by atoms with Crippen molar-refractivity contribution in [1.82, 2.24) is 4.98 Å². The number of nitrogens with zero attached hydrogens (tertiary/aromatic N) is 3. The molecule has 10 heteroatoms. The molecule has 2 amide bonds. The normalized spacial score (nSPS) is 14.1. The number of nitrogens with one attached hydrogen (secondary N) is 2. The van der Waals surface area contributed by atoms with Crippen LogP contribution in [0, 0.1) is 10.1 Å². The number of amides is 2. The molecule has 1 unspecified atom stereocenters. The highest BCUT2D eigenvalue weighted by molar-refractivity contribution is 6.07. The number of benzene rings is 2. The van der Waals surface area contributed by atoms with Crippen LogP contribution in [-0.2, 0) is 0 Å². The third kappa shape index (κ3) is 5.60. The van der Waals surface area contributed by atoms with Crippen LogP contribution in [0.1, 0.15) is 58.6 Å². The lowest BCUT2D eigenvalue weighted by atomic mass is 10.1. The van der Waals surface area contributed by atoms with Crippen molar-refractivity contribution in [3.05, 3.63) is 87.7 Å². The number of hydrogen-bond donors (Lipinski definition) is 3. The van der Waals surface area contributed by atoms with Crippen LogP contribution < -0.4 is 21.3 Å². The topological polar surface area (TPSA) is 143 Å². The van der Waals surface area contributed by atoms with Gasteiger partial charge in [0.2, 0.25) is 5.91 Å². The monoisotopic (exact) mass is 488 g/mol. The number of carbonyl (C=O) groups is 2. The fourth-order valence-electron chi connectivity index (χ4n) is 4.28. The van der Waals surface area contributed by atoms with Crippen LogP contribution in [0.5, 0.6) is 0 Å². The van der Waals surface area contributed by atoms with Gasteiger partial charge in [-0.05, 0) is 68.7 Å². The third-order valence-corrected chi connectivity index (χ3v) is 6.19. The Morgan fingerprint density at radius 1 is 1.03 bits per heavy atom. The molecule has 0 spiro atoms. The second kappa shape index (κ2) is 10.9. The number of nitrogens with two attached hydrogens (primary N) is 1. The third-order valence-electron chi connectivity index (χ3n) is 6.19. The van der Waals surface area contributed by atoms with E-state index in [0.717, 1.165) is 43.7 Å². The Labute approximate surface area is 208 Å². The van der Waals surface area contributed by atoms with Crippen molar-refractivity contribution in [3.8, 4) is 0 Å². The van der Waals surface area contributed by atoms with E-state index in [2.05, 4.69) is 20.5 Å². The molecule has 186 valence electrons. The maximum atomic E-state index is 13.2. The van der Waals surface area contributed by atoms with Crippen LogP contribution in [0.4, 0.5) is 22.7 Å². The number of aromatic nitrogens is 1. The summed E-state index contributed by atoms with van der Waals surface area (Å²) in [5, 5.41) is 17.7. The van der Waals surface area contributed by atoms with Gasteiger partial charge in [-0.2, -0.15) is 0 Å². The molecule has 4 rings (SSSR count). The molecule has 0 radical (unpaired) electrons. The molecule has 1 aromatic heterocycles. The second-order valence-electron chi connectivity index (χ2n) is 8.71. The summed E-state index contributed by atoms with van der Waals surface area (Å²) in [5.41, 5.74) is 7.83. The lowest BCUT2D eigenvalue weighted by Crippen LogP contribution is -2.30. The summed E-state index contributed by atoms with van der Waals surface area (Å²) in [4.78, 5) is 42.6. The Bertz CT molecular complexity index is 1270. The Morgan fingerprint density at radius 2 is 1.78 bits per heavy atom. The highest BCUT2D eigenvalue weighted by Crippen LogP contribution is 2.32. The average molecular weight is 489 g/mol. The molecule has 0 saturated carbocycles. The van der Waals surface area contributed by atoms with Crippen LogP contribution in [0.2, 0.25) is 0 Å². The summed E-state index contributed by atoms with van der Waals surface area (Å²) in [5.74, 6) is -1.13. The van der Waals surface area contributed by atoms with E-state index in [9.17, 15) is 19.7 Å². The number of anilines is 3. The fraction of sp³-hybridized carbons (Fsp3) is 0.269. The summed E-state index contributed by atoms with van der Waals surface area (Å²) >= 11 is 0. The van der Waals surface area contributed by atoms with Gasteiger partial charge in [0.1, 0.15) is 5.69 Å². The molecule has 1 saturated heterocycles. The number of primary amides is 1. The van der Waals surface area contributed by atoms with Gasteiger partial charge in [-0.3, -0.25) is 24.7 Å². The summed E-state index contributed by atoms with van der Waals surface area (Å²) in [6.07, 6.45) is 4.85. The molecule has 1 fully saturated rings. The predicted octanol–water partition coefficient (Wildman–Crippen LogP) is 4.50. The molecule has 36 heavy (non-hydrogen) atoms. The van der Waals surface area contributed by atoms with Crippen LogP contribution in [0.15, 0.2) is 60.8 Å². The first-order valence-corrected chi connectivity index (χ1v) is 11.8.